The Balaban J connectivity index is 2.44. The van der Waals surface area contributed by atoms with Gasteiger partial charge in [0.1, 0.15) is 12.3 Å². The summed E-state index contributed by atoms with van der Waals surface area (Å²) < 4.78 is 0. The molecular weight excluding hydrogens is 115 g/mol. The molecule has 2 atom stereocenters. The van der Waals surface area contributed by atoms with Crippen LogP contribution in [0.1, 0.15) is 20.3 Å². The van der Waals surface area contributed by atoms with E-state index in [0.717, 1.165) is 5.92 Å². The molecule has 1 aliphatic rings. The Kier molecular flexibility index (Phi) is 2.08. The number of rotatable bonds is 1. The summed E-state index contributed by atoms with van der Waals surface area (Å²) in [7, 11) is 0.393. The molecule has 0 aromatic carbocycles. The zero-order valence-corrected chi connectivity index (χ0v) is 6.62. The van der Waals surface area contributed by atoms with Crippen LogP contribution >= 0.6 is 7.55 Å². The summed E-state index contributed by atoms with van der Waals surface area (Å²) in [4.78, 5) is 0. The van der Waals surface area contributed by atoms with Crippen molar-refractivity contribution in [2.75, 3.05) is 12.3 Å². The maximum atomic E-state index is 2.56. The van der Waals surface area contributed by atoms with Gasteiger partial charge in [-0.05, 0) is 13.3 Å². The Hall–Kier alpha value is 0.170. The van der Waals surface area contributed by atoms with Gasteiger partial charge < -0.3 is 0 Å². The predicted octanol–water partition coefficient (Wildman–Crippen LogP) is 2.33. The van der Waals surface area contributed by atoms with Gasteiger partial charge in [-0.25, -0.2) is 0 Å². The Morgan fingerprint density at radius 3 is 2.75 bits per heavy atom. The first-order chi connectivity index (χ1) is 3.83. The van der Waals surface area contributed by atoms with E-state index in [1.54, 1.807) is 0 Å². The molecule has 0 aromatic heterocycles. The first-order valence-corrected chi connectivity index (χ1v) is 5.20. The fraction of sp³-hybridized carbons (Fsp3) is 0.857. The highest BCUT2D eigenvalue weighted by atomic mass is 31.1. The van der Waals surface area contributed by atoms with Crippen LogP contribution in [0.3, 0.4) is 0 Å². The average Bonchev–Trinajstić information content (AvgIpc) is 2.14. The summed E-state index contributed by atoms with van der Waals surface area (Å²) in [5.41, 5.74) is 0. The highest BCUT2D eigenvalue weighted by molar-refractivity contribution is 7.57. The predicted molar refractivity (Wildman–Crippen MR) is 42.2 cm³/mol. The van der Waals surface area contributed by atoms with Gasteiger partial charge in [-0.1, -0.05) is 6.92 Å². The van der Waals surface area contributed by atoms with E-state index in [4.69, 9.17) is 0 Å². The summed E-state index contributed by atoms with van der Waals surface area (Å²) in [5.74, 6) is 3.50. The summed E-state index contributed by atoms with van der Waals surface area (Å²) in [6, 6.07) is 0. The third-order valence-corrected chi connectivity index (χ3v) is 4.32. The maximum Gasteiger partial charge on any atom is 0.107 e. The van der Waals surface area contributed by atoms with E-state index in [-0.39, 0.29) is 0 Å². The zero-order valence-electron chi connectivity index (χ0n) is 5.72. The number of hydrogen-bond donors (Lipinski definition) is 0. The van der Waals surface area contributed by atoms with E-state index in [1.807, 2.05) is 0 Å². The van der Waals surface area contributed by atoms with Crippen molar-refractivity contribution in [1.29, 1.82) is 0 Å². The molecule has 1 heterocycles. The Bertz CT molecular complexity index is 105. The van der Waals surface area contributed by atoms with Gasteiger partial charge in [-0.15, -0.1) is 0 Å². The van der Waals surface area contributed by atoms with E-state index in [2.05, 4.69) is 19.6 Å². The molecule has 0 aromatic rings. The lowest BCUT2D eigenvalue weighted by molar-refractivity contribution is 0.781. The minimum atomic E-state index is 0.393. The smallest absolute Gasteiger partial charge is 0.0552 e. The lowest BCUT2D eigenvalue weighted by Crippen LogP contribution is -1.85. The molecule has 8 heavy (non-hydrogen) atoms. The molecule has 0 amide bonds. The van der Waals surface area contributed by atoms with Crippen LogP contribution in [0.4, 0.5) is 0 Å². The van der Waals surface area contributed by atoms with E-state index in [0.29, 0.717) is 7.55 Å². The van der Waals surface area contributed by atoms with Crippen LogP contribution in [-0.4, -0.2) is 18.1 Å². The van der Waals surface area contributed by atoms with E-state index in [9.17, 15) is 0 Å². The molecule has 0 fully saturated rings. The molecule has 46 valence electrons. The fourth-order valence-corrected chi connectivity index (χ4v) is 3.43. The second kappa shape index (κ2) is 2.64. The van der Waals surface area contributed by atoms with Gasteiger partial charge in [0.2, 0.25) is 0 Å². The maximum absolute atomic E-state index is 2.56. The molecule has 0 aliphatic carbocycles. The Labute approximate surface area is 52.7 Å². The topological polar surface area (TPSA) is 0 Å². The van der Waals surface area contributed by atoms with Gasteiger partial charge >= 0.3 is 0 Å². The Morgan fingerprint density at radius 1 is 1.75 bits per heavy atom. The SMILES string of the molecule is CC[P+]1=CC(C)CC1. The van der Waals surface area contributed by atoms with Crippen LogP contribution in [0.25, 0.3) is 0 Å². The lowest BCUT2D eigenvalue weighted by atomic mass is 10.2. The standard InChI is InChI=1S/C7H14P/c1-3-8-5-4-7(2)6-8/h6-7H,3-5H2,1-2H3/q+1. The highest BCUT2D eigenvalue weighted by Gasteiger charge is 2.18. The summed E-state index contributed by atoms with van der Waals surface area (Å²) >= 11 is 0. The van der Waals surface area contributed by atoms with Gasteiger partial charge in [-0.2, -0.15) is 0 Å². The van der Waals surface area contributed by atoms with Crippen molar-refractivity contribution in [2.24, 2.45) is 5.92 Å². The van der Waals surface area contributed by atoms with Gasteiger partial charge in [0.15, 0.2) is 0 Å². The summed E-state index contributed by atoms with van der Waals surface area (Å²) in [5, 5.41) is 0. The van der Waals surface area contributed by atoms with Crippen molar-refractivity contribution >= 4 is 13.3 Å². The largest absolute Gasteiger partial charge is 0.107 e. The lowest BCUT2D eigenvalue weighted by Gasteiger charge is -1.83. The fourth-order valence-electron chi connectivity index (χ4n) is 1.14. The number of hydrogen-bond acceptors (Lipinski definition) is 0. The van der Waals surface area contributed by atoms with Gasteiger partial charge in [0.05, 0.1) is 13.3 Å². The van der Waals surface area contributed by atoms with E-state index in [1.165, 1.54) is 18.7 Å². The normalized spacial score (nSPS) is 32.8. The van der Waals surface area contributed by atoms with Crippen LogP contribution in [0.15, 0.2) is 0 Å². The van der Waals surface area contributed by atoms with E-state index >= 15 is 0 Å². The molecule has 1 heteroatoms. The van der Waals surface area contributed by atoms with Crippen molar-refractivity contribution in [3.63, 3.8) is 0 Å². The van der Waals surface area contributed by atoms with Crippen LogP contribution in [0.5, 0.6) is 0 Å². The van der Waals surface area contributed by atoms with Crippen LogP contribution < -0.4 is 0 Å². The first kappa shape index (κ1) is 6.29. The molecule has 0 saturated heterocycles. The van der Waals surface area contributed by atoms with Crippen molar-refractivity contribution < 1.29 is 0 Å². The molecule has 1 rings (SSSR count). The van der Waals surface area contributed by atoms with Crippen molar-refractivity contribution in [1.82, 2.24) is 0 Å². The first-order valence-electron chi connectivity index (χ1n) is 3.42. The van der Waals surface area contributed by atoms with Crippen LogP contribution in [0, 0.1) is 5.92 Å². The highest BCUT2D eigenvalue weighted by Crippen LogP contribution is 2.31. The minimum absolute atomic E-state index is 0.393. The van der Waals surface area contributed by atoms with Crippen LogP contribution in [-0.2, 0) is 0 Å². The second-order valence-corrected chi connectivity index (χ2v) is 5.10. The molecule has 0 nitrogen and oxygen atoms in total. The zero-order chi connectivity index (χ0) is 5.98. The molecule has 0 N–H and O–H groups in total. The Morgan fingerprint density at radius 2 is 2.50 bits per heavy atom. The molecule has 2 unspecified atom stereocenters. The second-order valence-electron chi connectivity index (χ2n) is 2.54. The molecule has 0 spiro atoms. The quantitative estimate of drug-likeness (QED) is 0.477. The molecule has 1 aliphatic heterocycles. The monoisotopic (exact) mass is 129 g/mol. The van der Waals surface area contributed by atoms with Crippen molar-refractivity contribution in [3.8, 4) is 0 Å². The van der Waals surface area contributed by atoms with Gasteiger partial charge in [0, 0.05) is 5.92 Å². The summed E-state index contributed by atoms with van der Waals surface area (Å²) in [6.45, 7) is 4.64. The van der Waals surface area contributed by atoms with Crippen LogP contribution in [0.2, 0.25) is 0 Å². The van der Waals surface area contributed by atoms with E-state index < -0.39 is 0 Å². The van der Waals surface area contributed by atoms with Crippen molar-refractivity contribution in [3.05, 3.63) is 0 Å². The summed E-state index contributed by atoms with van der Waals surface area (Å²) in [6.07, 6.45) is 4.38. The minimum Gasteiger partial charge on any atom is -0.0552 e. The van der Waals surface area contributed by atoms with Crippen molar-refractivity contribution in [2.45, 2.75) is 20.3 Å². The third kappa shape index (κ3) is 1.32. The van der Waals surface area contributed by atoms with Gasteiger partial charge in [0.25, 0.3) is 0 Å². The molecule has 0 bridgehead atoms. The third-order valence-electron chi connectivity index (χ3n) is 1.74. The molecular formula is C7H14P+. The van der Waals surface area contributed by atoms with Gasteiger partial charge in [-0.3, -0.25) is 0 Å². The average molecular weight is 129 g/mol. The molecule has 0 saturated carbocycles. The molecule has 0 radical (unpaired) electrons.